The van der Waals surface area contributed by atoms with Gasteiger partial charge in [-0.3, -0.25) is 0 Å². The van der Waals surface area contributed by atoms with E-state index >= 15 is 0 Å². The highest BCUT2D eigenvalue weighted by atomic mass is 16.5. The van der Waals surface area contributed by atoms with Crippen molar-refractivity contribution in [2.45, 2.75) is 20.8 Å². The maximum Gasteiger partial charge on any atom is 0.256 e. The van der Waals surface area contributed by atoms with Crippen LogP contribution in [-0.4, -0.2) is 41.2 Å². The number of hydrogen-bond acceptors (Lipinski definition) is 7. The van der Waals surface area contributed by atoms with Crippen LogP contribution >= 0.6 is 0 Å². The number of aryl methyl sites for hydroxylation is 3. The Kier molecular flexibility index (Phi) is 11.5. The highest BCUT2D eigenvalue weighted by Gasteiger charge is 2.42. The Balaban J connectivity index is 1.01. The quantitative estimate of drug-likeness (QED) is 0.133. The van der Waals surface area contributed by atoms with Crippen LogP contribution in [0.25, 0.3) is 129 Å². The predicted octanol–water partition coefficient (Wildman–Crippen LogP) is 16.0. The van der Waals surface area contributed by atoms with Crippen molar-refractivity contribution >= 4 is 44.9 Å². The highest BCUT2D eigenvalue weighted by molar-refractivity contribution is 6.99. The van der Waals surface area contributed by atoms with Crippen LogP contribution in [0.4, 0.5) is 0 Å². The second-order valence-corrected chi connectivity index (χ2v) is 22.0. The molecule has 2 aliphatic rings. The van der Waals surface area contributed by atoms with Gasteiger partial charge < -0.3 is 9.30 Å². The molecule has 0 saturated heterocycles. The zero-order valence-electron chi connectivity index (χ0n) is 46.3. The van der Waals surface area contributed by atoms with Gasteiger partial charge in [-0.15, -0.1) is 0 Å². The minimum Gasteiger partial charge on any atom is -0.458 e. The van der Waals surface area contributed by atoms with E-state index in [-0.39, 0.29) is 6.71 Å². The molecule has 5 heterocycles. The number of ether oxygens (including phenoxy) is 1. The summed E-state index contributed by atoms with van der Waals surface area (Å²) in [6.07, 6.45) is 0. The van der Waals surface area contributed by atoms with Crippen LogP contribution in [0.5, 0.6) is 11.5 Å². The van der Waals surface area contributed by atoms with Crippen molar-refractivity contribution in [1.82, 2.24) is 34.5 Å². The van der Waals surface area contributed by atoms with E-state index in [0.717, 1.165) is 117 Å². The lowest BCUT2D eigenvalue weighted by atomic mass is 9.34. The fourth-order valence-electron chi connectivity index (χ4n) is 13.0. The first-order valence-electron chi connectivity index (χ1n) is 28.4. The minimum atomic E-state index is -0.267. The summed E-state index contributed by atoms with van der Waals surface area (Å²) in [5.41, 5.74) is 22.4. The van der Waals surface area contributed by atoms with Gasteiger partial charge in [-0.25, -0.2) is 29.9 Å². The summed E-state index contributed by atoms with van der Waals surface area (Å²) in [6, 6.07) is 87.3. The average molecular weight is 1080 g/mol. The van der Waals surface area contributed by atoms with Gasteiger partial charge in [-0.2, -0.15) is 0 Å². The van der Waals surface area contributed by atoms with Gasteiger partial charge in [-0.05, 0) is 124 Å². The van der Waals surface area contributed by atoms with Gasteiger partial charge in [0, 0.05) is 55.4 Å². The first-order chi connectivity index (χ1) is 41.3. The maximum absolute atomic E-state index is 7.35. The minimum absolute atomic E-state index is 0.267. The van der Waals surface area contributed by atoms with Crippen LogP contribution in [0.15, 0.2) is 249 Å². The van der Waals surface area contributed by atoms with Crippen LogP contribution in [-0.2, 0) is 0 Å². The Morgan fingerprint density at radius 2 is 0.774 bits per heavy atom. The molecule has 0 unspecified atom stereocenters. The largest absolute Gasteiger partial charge is 0.458 e. The first-order valence-corrected chi connectivity index (χ1v) is 28.4. The Labute approximate surface area is 486 Å². The van der Waals surface area contributed by atoms with Crippen LogP contribution in [0.1, 0.15) is 16.7 Å². The van der Waals surface area contributed by atoms with Crippen molar-refractivity contribution in [3.63, 3.8) is 0 Å². The summed E-state index contributed by atoms with van der Waals surface area (Å²) in [5, 5.41) is 2.07. The molecular formula is C75H50BN7O. The topological polar surface area (TPSA) is 91.5 Å². The van der Waals surface area contributed by atoms with Crippen LogP contribution in [0.3, 0.4) is 0 Å². The molecule has 14 aromatic rings. The molecule has 8 nitrogen and oxygen atoms in total. The molecule has 11 aromatic carbocycles. The summed E-state index contributed by atoms with van der Waals surface area (Å²) < 4.78 is 9.82. The molecular weight excluding hydrogens is 1030 g/mol. The third-order valence-corrected chi connectivity index (χ3v) is 16.6. The van der Waals surface area contributed by atoms with Gasteiger partial charge in [0.25, 0.3) is 6.71 Å². The molecule has 3 aromatic heterocycles. The van der Waals surface area contributed by atoms with E-state index in [2.05, 4.69) is 177 Å². The number of fused-ring (bicyclic) bond motifs is 7. The summed E-state index contributed by atoms with van der Waals surface area (Å²) in [7, 11) is 0. The fraction of sp³-hybridized carbons (Fsp3) is 0.0400. The number of nitrogens with zero attached hydrogens (tertiary/aromatic N) is 7. The fourth-order valence-corrected chi connectivity index (χ4v) is 13.0. The lowest BCUT2D eigenvalue weighted by Gasteiger charge is -2.34. The maximum atomic E-state index is 7.35. The monoisotopic (exact) mass is 1080 g/mol. The average Bonchev–Trinajstić information content (AvgIpc) is 1.50. The van der Waals surface area contributed by atoms with Crippen LogP contribution < -0.4 is 21.1 Å². The van der Waals surface area contributed by atoms with Gasteiger partial charge in [0.2, 0.25) is 0 Å². The Hall–Kier alpha value is -10.9. The molecule has 0 aliphatic carbocycles. The van der Waals surface area contributed by atoms with Gasteiger partial charge in [-0.1, -0.05) is 212 Å². The van der Waals surface area contributed by atoms with E-state index in [1.807, 2.05) is 97.1 Å². The molecule has 84 heavy (non-hydrogen) atoms. The van der Waals surface area contributed by atoms with E-state index < -0.39 is 0 Å². The molecule has 2 aliphatic heterocycles. The van der Waals surface area contributed by atoms with Crippen molar-refractivity contribution in [1.29, 1.82) is 0 Å². The molecule has 0 spiro atoms. The second kappa shape index (κ2) is 19.7. The van der Waals surface area contributed by atoms with Gasteiger partial charge in [0.05, 0.1) is 5.52 Å². The number of hydrogen-bond donors (Lipinski definition) is 0. The van der Waals surface area contributed by atoms with E-state index in [4.69, 9.17) is 34.6 Å². The summed E-state index contributed by atoms with van der Waals surface area (Å²) in [4.78, 5) is 31.5. The molecule has 16 rings (SSSR count). The molecule has 0 N–H and O–H groups in total. The van der Waals surface area contributed by atoms with Crippen LogP contribution in [0.2, 0.25) is 0 Å². The Bertz CT molecular complexity index is 4820. The highest BCUT2D eigenvalue weighted by Crippen LogP contribution is 2.44. The zero-order valence-corrected chi connectivity index (χ0v) is 46.3. The number of rotatable bonds is 9. The Morgan fingerprint density at radius 1 is 0.333 bits per heavy atom. The zero-order chi connectivity index (χ0) is 56.0. The van der Waals surface area contributed by atoms with Crippen molar-refractivity contribution in [2.24, 2.45) is 0 Å². The van der Waals surface area contributed by atoms with E-state index in [0.29, 0.717) is 34.9 Å². The predicted molar refractivity (Wildman–Crippen MR) is 342 cm³/mol. The van der Waals surface area contributed by atoms with Crippen molar-refractivity contribution in [2.75, 3.05) is 0 Å². The summed E-state index contributed by atoms with van der Waals surface area (Å²) in [6.45, 7) is 6.34. The third kappa shape index (κ3) is 8.23. The van der Waals surface area contributed by atoms with Crippen molar-refractivity contribution < 1.29 is 4.74 Å². The summed E-state index contributed by atoms with van der Waals surface area (Å²) in [5.74, 6) is 5.16. The van der Waals surface area contributed by atoms with Crippen molar-refractivity contribution in [3.8, 4) is 119 Å². The summed E-state index contributed by atoms with van der Waals surface area (Å²) >= 11 is 0. The lowest BCUT2D eigenvalue weighted by molar-refractivity contribution is 0.487. The second-order valence-electron chi connectivity index (χ2n) is 22.0. The van der Waals surface area contributed by atoms with E-state index in [1.54, 1.807) is 0 Å². The van der Waals surface area contributed by atoms with Crippen molar-refractivity contribution in [3.05, 3.63) is 265 Å². The lowest BCUT2D eigenvalue weighted by Crippen LogP contribution is -2.58. The SMILES string of the molecule is Cc1cc(C)c(-c2ccc3c(c2)B2c4c(cc(-c5ccccc5-c5ccccc5)cc4-n4c5ccc(-c6nc(-c7ccccc7)nc(-c7ccccc7)n6)cc5c5cc(-c6nc(-c7ccccc7)nc(-c7ccccc7)n6)cc2c54)O3)c(C)c1. The number of aromatic nitrogens is 7. The van der Waals surface area contributed by atoms with Crippen LogP contribution in [0, 0.1) is 20.8 Å². The third-order valence-electron chi connectivity index (χ3n) is 16.6. The molecule has 0 radical (unpaired) electrons. The number of benzene rings is 11. The molecule has 394 valence electrons. The first kappa shape index (κ1) is 49.0. The van der Waals surface area contributed by atoms with Gasteiger partial charge in [0.15, 0.2) is 34.9 Å². The van der Waals surface area contributed by atoms with E-state index in [9.17, 15) is 0 Å². The molecule has 0 bridgehead atoms. The molecule has 0 saturated carbocycles. The smallest absolute Gasteiger partial charge is 0.256 e. The Morgan fingerprint density at radius 3 is 1.31 bits per heavy atom. The van der Waals surface area contributed by atoms with Gasteiger partial charge >= 0.3 is 0 Å². The molecule has 9 heteroatoms. The standard InChI is InChI=1S/C75H50BN7O/c1-45-37-46(2)67(47(3)38-45)53-34-36-65-61(41-53)76-62-42-56(75-81-72(51-27-15-7-16-28-51)78-73(82-75)52-29-17-8-18-30-52)40-60-59-39-54(74-79-70(49-23-11-5-12-24-49)77-71(80-74)50-25-13-6-14-26-50)33-35-63(59)83(69(60)62)64-43-55(44-66(84-65)68(64)76)58-32-20-19-31-57(58)48-21-9-4-10-22-48/h4-44H,1-3H3. The molecule has 0 amide bonds. The molecule has 0 fully saturated rings. The normalized spacial score (nSPS) is 12.1. The van der Waals surface area contributed by atoms with Gasteiger partial charge in [0.1, 0.15) is 11.5 Å². The molecule has 0 atom stereocenters. The van der Waals surface area contributed by atoms with E-state index in [1.165, 1.54) is 22.3 Å².